The van der Waals surface area contributed by atoms with E-state index in [1.54, 1.807) is 0 Å². The Kier molecular flexibility index (Phi) is 57.4. The summed E-state index contributed by atoms with van der Waals surface area (Å²) in [7, 11) is 0. The second kappa shape index (κ2) is 60.6. The number of allylic oxidation sites excluding steroid dienone is 18. The van der Waals surface area contributed by atoms with E-state index in [9.17, 15) is 14.4 Å². The van der Waals surface area contributed by atoms with Crippen molar-refractivity contribution in [2.75, 3.05) is 13.2 Å². The molecule has 0 saturated carbocycles. The van der Waals surface area contributed by atoms with Gasteiger partial charge in [-0.2, -0.15) is 0 Å². The van der Waals surface area contributed by atoms with Gasteiger partial charge in [0.2, 0.25) is 0 Å². The number of esters is 3. The quantitative estimate of drug-likeness (QED) is 0.0261. The van der Waals surface area contributed by atoms with Crippen molar-refractivity contribution in [2.24, 2.45) is 0 Å². The second-order valence-electron chi connectivity index (χ2n) is 19.8. The van der Waals surface area contributed by atoms with Gasteiger partial charge < -0.3 is 14.2 Å². The Hall–Kier alpha value is -3.93. The summed E-state index contributed by atoms with van der Waals surface area (Å²) in [6, 6.07) is 0. The summed E-state index contributed by atoms with van der Waals surface area (Å²) in [4.78, 5) is 38.2. The number of rotatable bonds is 54. The minimum Gasteiger partial charge on any atom is -0.462 e. The van der Waals surface area contributed by atoms with Gasteiger partial charge in [-0.3, -0.25) is 14.4 Å². The fraction of sp³-hybridized carbons (Fsp3) is 0.687. The van der Waals surface area contributed by atoms with E-state index in [2.05, 4.69) is 130 Å². The standard InChI is InChI=1S/C67H112O6/c1-4-7-10-13-16-19-22-25-27-28-29-30-31-32-33-34-35-36-37-38-40-42-45-48-51-54-57-60-66(69)72-63-64(62-71-65(68)59-56-53-50-47-44-41-24-21-18-15-12-9-6-3)73-67(70)61-58-55-52-49-46-43-39-26-23-20-17-14-11-8-5-2/h7-8,10-11,16-17,19-21,24-27,29-30,32-33,39,64H,4-6,9,12-15,18,22-23,28,31,34-38,40-63H2,1-3H3/b10-7-,11-8-,19-16-,20-17-,24-21-,27-25-,30-29-,33-32-,39-26-. The highest BCUT2D eigenvalue weighted by Gasteiger charge is 2.19. The summed E-state index contributed by atoms with van der Waals surface area (Å²) in [6.07, 6.45) is 82.3. The van der Waals surface area contributed by atoms with E-state index in [1.165, 1.54) is 103 Å². The molecule has 6 heteroatoms. The average molecular weight is 1010 g/mol. The summed E-state index contributed by atoms with van der Waals surface area (Å²) in [6.45, 7) is 6.38. The second-order valence-corrected chi connectivity index (χ2v) is 19.8. The first-order chi connectivity index (χ1) is 36.0. The van der Waals surface area contributed by atoms with Crippen molar-refractivity contribution in [2.45, 2.75) is 284 Å². The number of carbonyl (C=O) groups is 3. The Balaban J connectivity index is 4.31. The largest absolute Gasteiger partial charge is 0.462 e. The fourth-order valence-corrected chi connectivity index (χ4v) is 8.24. The summed E-state index contributed by atoms with van der Waals surface area (Å²) >= 11 is 0. The van der Waals surface area contributed by atoms with E-state index >= 15 is 0 Å². The van der Waals surface area contributed by atoms with E-state index in [1.807, 2.05) is 0 Å². The smallest absolute Gasteiger partial charge is 0.306 e. The Morgan fingerprint density at radius 3 is 0.849 bits per heavy atom. The van der Waals surface area contributed by atoms with Crippen LogP contribution in [0.4, 0.5) is 0 Å². The first kappa shape index (κ1) is 69.1. The molecule has 0 aromatic rings. The van der Waals surface area contributed by atoms with E-state index in [0.717, 1.165) is 135 Å². The molecular weight excluding hydrogens is 901 g/mol. The lowest BCUT2D eigenvalue weighted by Crippen LogP contribution is -2.30. The van der Waals surface area contributed by atoms with Crippen molar-refractivity contribution in [1.82, 2.24) is 0 Å². The first-order valence-corrected chi connectivity index (χ1v) is 30.4. The molecule has 0 spiro atoms. The van der Waals surface area contributed by atoms with Crippen LogP contribution in [0.3, 0.4) is 0 Å². The lowest BCUT2D eigenvalue weighted by molar-refractivity contribution is -0.167. The molecule has 0 aliphatic carbocycles. The molecule has 0 heterocycles. The number of carbonyl (C=O) groups excluding carboxylic acids is 3. The van der Waals surface area contributed by atoms with Crippen LogP contribution in [-0.2, 0) is 28.6 Å². The number of hydrogen-bond donors (Lipinski definition) is 0. The normalized spacial score (nSPS) is 12.9. The molecule has 0 aromatic heterocycles. The molecule has 0 aliphatic heterocycles. The van der Waals surface area contributed by atoms with Gasteiger partial charge in [-0.25, -0.2) is 0 Å². The number of hydrogen-bond acceptors (Lipinski definition) is 6. The van der Waals surface area contributed by atoms with Gasteiger partial charge >= 0.3 is 17.9 Å². The summed E-state index contributed by atoms with van der Waals surface area (Å²) < 4.78 is 16.9. The van der Waals surface area contributed by atoms with Gasteiger partial charge in [0.15, 0.2) is 6.10 Å². The topological polar surface area (TPSA) is 78.9 Å². The summed E-state index contributed by atoms with van der Waals surface area (Å²) in [5.74, 6) is -0.915. The molecule has 1 unspecified atom stereocenters. The molecular formula is C67H112O6. The molecule has 0 rings (SSSR count). The van der Waals surface area contributed by atoms with Gasteiger partial charge in [0, 0.05) is 19.3 Å². The van der Waals surface area contributed by atoms with Crippen LogP contribution in [0.1, 0.15) is 278 Å². The lowest BCUT2D eigenvalue weighted by atomic mass is 10.0. The van der Waals surface area contributed by atoms with Crippen molar-refractivity contribution in [3.63, 3.8) is 0 Å². The first-order valence-electron chi connectivity index (χ1n) is 30.4. The van der Waals surface area contributed by atoms with E-state index < -0.39 is 6.10 Å². The van der Waals surface area contributed by atoms with Crippen LogP contribution in [-0.4, -0.2) is 37.2 Å². The molecule has 0 saturated heterocycles. The van der Waals surface area contributed by atoms with Gasteiger partial charge in [-0.1, -0.05) is 246 Å². The Labute approximate surface area is 450 Å². The van der Waals surface area contributed by atoms with Gasteiger partial charge in [-0.15, -0.1) is 0 Å². The maximum atomic E-state index is 12.9. The van der Waals surface area contributed by atoms with Gasteiger partial charge in [-0.05, 0) is 122 Å². The van der Waals surface area contributed by atoms with Gasteiger partial charge in [0.05, 0.1) is 0 Å². The van der Waals surface area contributed by atoms with Crippen molar-refractivity contribution in [1.29, 1.82) is 0 Å². The molecule has 416 valence electrons. The third-order valence-electron chi connectivity index (χ3n) is 12.7. The molecule has 0 aromatic carbocycles. The van der Waals surface area contributed by atoms with Crippen LogP contribution in [0, 0.1) is 0 Å². The van der Waals surface area contributed by atoms with Crippen molar-refractivity contribution in [3.05, 3.63) is 109 Å². The zero-order valence-corrected chi connectivity index (χ0v) is 47.6. The minimum absolute atomic E-state index is 0.0896. The van der Waals surface area contributed by atoms with Crippen LogP contribution < -0.4 is 0 Å². The van der Waals surface area contributed by atoms with Crippen LogP contribution in [0.15, 0.2) is 109 Å². The van der Waals surface area contributed by atoms with Gasteiger partial charge in [0.25, 0.3) is 0 Å². The molecule has 0 radical (unpaired) electrons. The van der Waals surface area contributed by atoms with E-state index in [-0.39, 0.29) is 31.1 Å². The highest BCUT2D eigenvalue weighted by molar-refractivity contribution is 5.71. The number of ether oxygens (including phenoxy) is 3. The molecule has 73 heavy (non-hydrogen) atoms. The van der Waals surface area contributed by atoms with E-state index in [4.69, 9.17) is 14.2 Å². The monoisotopic (exact) mass is 1010 g/mol. The predicted molar refractivity (Wildman–Crippen MR) is 316 cm³/mol. The summed E-state index contributed by atoms with van der Waals surface area (Å²) in [5, 5.41) is 0. The zero-order valence-electron chi connectivity index (χ0n) is 47.6. The SMILES string of the molecule is CC/C=C\C/C=C\C/C=C\C/C=C\C/C=C\CCCCCCCCCCCCCC(=O)OCC(COC(=O)CCCCCCC/C=C\CCCCCC)OC(=O)CCCCCCC/C=C\C/C=C\C/C=C\CC. The molecule has 0 fully saturated rings. The molecule has 1 atom stereocenters. The third kappa shape index (κ3) is 58.8. The van der Waals surface area contributed by atoms with Crippen molar-refractivity contribution >= 4 is 17.9 Å². The fourth-order valence-electron chi connectivity index (χ4n) is 8.24. The molecule has 0 N–H and O–H groups in total. The van der Waals surface area contributed by atoms with Crippen molar-refractivity contribution in [3.8, 4) is 0 Å². The van der Waals surface area contributed by atoms with Crippen LogP contribution in [0.5, 0.6) is 0 Å². The maximum absolute atomic E-state index is 12.9. The molecule has 0 bridgehead atoms. The zero-order chi connectivity index (χ0) is 52.9. The van der Waals surface area contributed by atoms with Gasteiger partial charge in [0.1, 0.15) is 13.2 Å². The lowest BCUT2D eigenvalue weighted by Gasteiger charge is -2.18. The highest BCUT2D eigenvalue weighted by Crippen LogP contribution is 2.15. The Morgan fingerprint density at radius 1 is 0.288 bits per heavy atom. The predicted octanol–water partition coefficient (Wildman–Crippen LogP) is 20.7. The molecule has 6 nitrogen and oxygen atoms in total. The average Bonchev–Trinajstić information content (AvgIpc) is 3.39. The summed E-state index contributed by atoms with van der Waals surface area (Å²) in [5.41, 5.74) is 0. The van der Waals surface area contributed by atoms with E-state index in [0.29, 0.717) is 19.3 Å². The van der Waals surface area contributed by atoms with Crippen LogP contribution >= 0.6 is 0 Å². The minimum atomic E-state index is -0.793. The van der Waals surface area contributed by atoms with Crippen molar-refractivity contribution < 1.29 is 28.6 Å². The highest BCUT2D eigenvalue weighted by atomic mass is 16.6. The van der Waals surface area contributed by atoms with Crippen LogP contribution in [0.25, 0.3) is 0 Å². The molecule has 0 aliphatic rings. The molecule has 0 amide bonds. The maximum Gasteiger partial charge on any atom is 0.306 e. The van der Waals surface area contributed by atoms with Crippen LogP contribution in [0.2, 0.25) is 0 Å². The third-order valence-corrected chi connectivity index (χ3v) is 12.7. The Bertz CT molecular complexity index is 1490. The Morgan fingerprint density at radius 2 is 0.534 bits per heavy atom. The number of unbranched alkanes of at least 4 members (excludes halogenated alkanes) is 25.